The molecular weight excluding hydrogens is 872 g/mol. The molecule has 2 amide bonds. The molecule has 0 spiro atoms. The van der Waals surface area contributed by atoms with Crippen molar-refractivity contribution in [1.82, 2.24) is 10.6 Å². The van der Waals surface area contributed by atoms with E-state index in [0.717, 1.165) is 13.8 Å². The molecule has 21 atom stereocenters. The minimum Gasteiger partial charge on any atom is -0.481 e. The van der Waals surface area contributed by atoms with Gasteiger partial charge in [-0.1, -0.05) is 6.42 Å². The molecule has 4 fully saturated rings. The predicted molar refractivity (Wildman–Crippen MR) is 203 cm³/mol. The summed E-state index contributed by atoms with van der Waals surface area (Å²) in [6.45, 7) is 0.267. The molecule has 4 aliphatic heterocycles. The smallest absolute Gasteiger partial charge is 0.364 e. The maximum absolute atomic E-state index is 13.0. The van der Waals surface area contributed by atoms with Gasteiger partial charge in [0.2, 0.25) is 11.8 Å². The predicted octanol–water partition coefficient (Wildman–Crippen LogP) is -7.56. The Morgan fingerprint density at radius 1 is 0.703 bits per heavy atom. The lowest BCUT2D eigenvalue weighted by Gasteiger charge is -2.51. The SMILES string of the molecule is CC(=O)N[C@H]1[C@H](OCCCCCC(=O)O)O[C@H](CO)[C@@H](O[C@@H]2O[C@H](CO)[C@H](O)[C@H](O[C@]3(C(=O)O)C[C@H](O)[C@@H](NC(C)=O)[C@H]([C@H](O)[C@H](O)CO)O3)[C@H]2O)[C@@H]1O[C@@H]1O[C@@H](C)[C@@H](O)[C@@H](O)[C@@H]1O. The number of aliphatic hydroxyl groups is 11. The lowest BCUT2D eigenvalue weighted by molar-refractivity contribution is -0.391. The molecule has 0 aromatic heterocycles. The van der Waals surface area contributed by atoms with Gasteiger partial charge in [-0.25, -0.2) is 4.79 Å². The summed E-state index contributed by atoms with van der Waals surface area (Å²) in [7, 11) is 0. The fraction of sp³-hybridized carbons (Fsp3) is 0.892. The van der Waals surface area contributed by atoms with Crippen LogP contribution in [0.4, 0.5) is 0 Å². The van der Waals surface area contributed by atoms with Crippen molar-refractivity contribution in [2.75, 3.05) is 26.4 Å². The van der Waals surface area contributed by atoms with E-state index in [1.165, 1.54) is 6.92 Å². The van der Waals surface area contributed by atoms with Gasteiger partial charge in [0.1, 0.15) is 85.4 Å². The zero-order valence-electron chi connectivity index (χ0n) is 35.1. The molecule has 4 aliphatic rings. The lowest BCUT2D eigenvalue weighted by Crippen LogP contribution is -2.71. The quantitative estimate of drug-likeness (QED) is 0.0475. The molecule has 4 saturated heterocycles. The summed E-state index contributed by atoms with van der Waals surface area (Å²) in [5, 5.41) is 142. The number of unbranched alkanes of at least 4 members (excludes halogenated alkanes) is 2. The number of carboxylic acid groups (broad SMARTS) is 2. The normalized spacial score (nSPS) is 41.4. The average Bonchev–Trinajstić information content (AvgIpc) is 3.23. The molecule has 0 aromatic carbocycles. The number of hydrogen-bond donors (Lipinski definition) is 15. The summed E-state index contributed by atoms with van der Waals surface area (Å²) in [6.07, 6.45) is -33.9. The highest BCUT2D eigenvalue weighted by atomic mass is 16.8. The summed E-state index contributed by atoms with van der Waals surface area (Å²) in [5.41, 5.74) is 0. The van der Waals surface area contributed by atoms with Gasteiger partial charge in [0.25, 0.3) is 5.79 Å². The van der Waals surface area contributed by atoms with Crippen LogP contribution < -0.4 is 10.6 Å². The van der Waals surface area contributed by atoms with Crippen molar-refractivity contribution in [3.05, 3.63) is 0 Å². The Morgan fingerprint density at radius 3 is 1.88 bits per heavy atom. The van der Waals surface area contributed by atoms with Crippen molar-refractivity contribution in [2.45, 2.75) is 181 Å². The van der Waals surface area contributed by atoms with Crippen LogP contribution in [0.1, 0.15) is 52.9 Å². The summed E-state index contributed by atoms with van der Waals surface area (Å²) in [6, 6.07) is -3.09. The highest BCUT2D eigenvalue weighted by Gasteiger charge is 2.61. The van der Waals surface area contributed by atoms with Crippen molar-refractivity contribution in [3.8, 4) is 0 Å². The molecular formula is C37H62N2O25. The fourth-order valence-corrected chi connectivity index (χ4v) is 7.87. The van der Waals surface area contributed by atoms with Gasteiger partial charge in [0.15, 0.2) is 18.9 Å². The monoisotopic (exact) mass is 934 g/mol. The number of amides is 2. The largest absolute Gasteiger partial charge is 0.481 e. The molecule has 0 aromatic rings. The molecule has 4 rings (SSSR count). The van der Waals surface area contributed by atoms with E-state index in [1.807, 2.05) is 0 Å². The van der Waals surface area contributed by atoms with Crippen LogP contribution in [0.15, 0.2) is 0 Å². The van der Waals surface area contributed by atoms with Gasteiger partial charge in [-0.15, -0.1) is 0 Å². The molecule has 0 bridgehead atoms. The molecule has 0 aliphatic carbocycles. The second-order valence-corrected chi connectivity index (χ2v) is 16.1. The van der Waals surface area contributed by atoms with Crippen LogP contribution in [0.3, 0.4) is 0 Å². The molecule has 27 heteroatoms. The van der Waals surface area contributed by atoms with E-state index in [4.69, 9.17) is 43.0 Å². The fourth-order valence-electron chi connectivity index (χ4n) is 7.87. The Labute approximate surface area is 365 Å². The minimum absolute atomic E-state index is 0.0920. The van der Waals surface area contributed by atoms with Crippen molar-refractivity contribution in [2.24, 2.45) is 0 Å². The van der Waals surface area contributed by atoms with Gasteiger partial charge in [0.05, 0.1) is 38.1 Å². The first-order valence-electron chi connectivity index (χ1n) is 20.6. The molecule has 0 saturated carbocycles. The first-order valence-corrected chi connectivity index (χ1v) is 20.6. The van der Waals surface area contributed by atoms with Crippen LogP contribution in [0.5, 0.6) is 0 Å². The van der Waals surface area contributed by atoms with Gasteiger partial charge in [-0.2, -0.15) is 0 Å². The van der Waals surface area contributed by atoms with Gasteiger partial charge in [0, 0.05) is 33.3 Å². The van der Waals surface area contributed by atoms with Gasteiger partial charge >= 0.3 is 11.9 Å². The number of aliphatic carboxylic acids is 2. The van der Waals surface area contributed by atoms with Crippen LogP contribution in [0, 0.1) is 0 Å². The second kappa shape index (κ2) is 23.7. The Kier molecular flexibility index (Phi) is 19.9. The topological polar surface area (TPSA) is 429 Å². The van der Waals surface area contributed by atoms with Crippen LogP contribution in [0.25, 0.3) is 0 Å². The molecule has 64 heavy (non-hydrogen) atoms. The first kappa shape index (κ1) is 53.7. The van der Waals surface area contributed by atoms with E-state index in [0.29, 0.717) is 19.3 Å². The Balaban J connectivity index is 1.72. The van der Waals surface area contributed by atoms with E-state index >= 15 is 0 Å². The Hall–Kier alpha value is -2.88. The molecule has 0 radical (unpaired) electrons. The number of carbonyl (C=O) groups is 4. The third kappa shape index (κ3) is 12.8. The van der Waals surface area contributed by atoms with Gasteiger partial charge < -0.3 is 115 Å². The maximum atomic E-state index is 13.0. The first-order chi connectivity index (χ1) is 30.1. The highest BCUT2D eigenvalue weighted by Crippen LogP contribution is 2.39. The summed E-state index contributed by atoms with van der Waals surface area (Å²) in [4.78, 5) is 48.6. The van der Waals surface area contributed by atoms with E-state index in [2.05, 4.69) is 10.6 Å². The summed E-state index contributed by atoms with van der Waals surface area (Å²) in [5.74, 6) is -7.68. The number of ether oxygens (including phenoxy) is 8. The van der Waals surface area contributed by atoms with Crippen LogP contribution in [-0.2, 0) is 57.1 Å². The summed E-state index contributed by atoms with van der Waals surface area (Å²) >= 11 is 0. The maximum Gasteiger partial charge on any atom is 0.364 e. The molecule has 4 heterocycles. The third-order valence-corrected chi connectivity index (χ3v) is 11.2. The second-order valence-electron chi connectivity index (χ2n) is 16.1. The van der Waals surface area contributed by atoms with E-state index in [9.17, 15) is 80.5 Å². The zero-order valence-corrected chi connectivity index (χ0v) is 35.1. The van der Waals surface area contributed by atoms with Crippen molar-refractivity contribution >= 4 is 23.8 Å². The van der Waals surface area contributed by atoms with E-state index in [-0.39, 0.29) is 13.0 Å². The van der Waals surface area contributed by atoms with E-state index in [1.54, 1.807) is 0 Å². The van der Waals surface area contributed by atoms with Crippen LogP contribution in [-0.4, -0.2) is 245 Å². The lowest BCUT2D eigenvalue weighted by atomic mass is 9.88. The van der Waals surface area contributed by atoms with Crippen LogP contribution >= 0.6 is 0 Å². The number of nitrogens with one attached hydrogen (secondary N) is 2. The molecule has 27 nitrogen and oxygen atoms in total. The molecule has 370 valence electrons. The third-order valence-electron chi connectivity index (χ3n) is 11.2. The van der Waals surface area contributed by atoms with Crippen LogP contribution in [0.2, 0.25) is 0 Å². The Bertz CT molecular complexity index is 1530. The number of rotatable bonds is 21. The molecule has 0 unspecified atom stereocenters. The number of hydrogen-bond acceptors (Lipinski definition) is 23. The average molecular weight is 935 g/mol. The standard InChI is InChI=1S/C37H62N2O25/c1-13-23(49)26(52)27(53)34(58-13)62-31-22(39-15(3)44)33(57-8-6-4-5-7-20(47)48)60-19(12-42)29(31)61-35-28(54)32(25(51)18(11-41)59-35)64-37(36(55)56)9-16(45)21(38-14(2)43)30(63-37)24(50)17(46)10-40/h13,16-19,21-35,40-42,45-46,49-54H,4-12H2,1-3H3,(H,38,43)(H,39,44)(H,47,48)(H,55,56)/t13-,16-,17+,18+,19+,21+,22+,23+,24+,25-,26+,27-,28+,29+,30+,31+,32-,33+,34-,35-,37-/m0/s1. The van der Waals surface area contributed by atoms with E-state index < -0.39 is 178 Å². The van der Waals surface area contributed by atoms with Gasteiger partial charge in [-0.3, -0.25) is 14.4 Å². The number of carboxylic acids is 2. The molecule has 15 N–H and O–H groups in total. The highest BCUT2D eigenvalue weighted by molar-refractivity contribution is 5.76. The number of aliphatic hydroxyl groups excluding tert-OH is 11. The minimum atomic E-state index is -3.14. The van der Waals surface area contributed by atoms with Crippen molar-refractivity contribution in [3.63, 3.8) is 0 Å². The van der Waals surface area contributed by atoms with Crippen molar-refractivity contribution < 1.29 is 123 Å². The Morgan fingerprint density at radius 2 is 1.30 bits per heavy atom. The number of carbonyl (C=O) groups excluding carboxylic acids is 2. The van der Waals surface area contributed by atoms with Gasteiger partial charge in [-0.05, 0) is 19.8 Å². The zero-order chi connectivity index (χ0) is 47.8. The summed E-state index contributed by atoms with van der Waals surface area (Å²) < 4.78 is 46.9. The van der Waals surface area contributed by atoms with Crippen molar-refractivity contribution in [1.29, 1.82) is 0 Å².